The summed E-state index contributed by atoms with van der Waals surface area (Å²) in [6.07, 6.45) is 4.07. The lowest BCUT2D eigenvalue weighted by atomic mass is 10.2. The lowest BCUT2D eigenvalue weighted by molar-refractivity contribution is 0.188. The number of para-hydroxylation sites is 2. The number of hydrogen-bond acceptors (Lipinski definition) is 2. The summed E-state index contributed by atoms with van der Waals surface area (Å²) < 4.78 is 7.38. The van der Waals surface area contributed by atoms with Crippen LogP contribution in [0.3, 0.4) is 0 Å². The standard InChI is InChI=1S/C18H17ClN2O/c1-22-13-12-21-17-5-3-2-4-16(17)20-18(21)11-8-14-6-9-15(19)10-7-14/h2-11H,12-13H2,1H3/b11-8+. The van der Waals surface area contributed by atoms with Gasteiger partial charge in [0.05, 0.1) is 17.6 Å². The maximum absolute atomic E-state index is 5.91. The van der Waals surface area contributed by atoms with Crippen molar-refractivity contribution >= 4 is 34.8 Å². The Hall–Kier alpha value is -2.10. The first-order valence-electron chi connectivity index (χ1n) is 7.16. The number of methoxy groups -OCH3 is 1. The highest BCUT2D eigenvalue weighted by Gasteiger charge is 2.07. The lowest BCUT2D eigenvalue weighted by Gasteiger charge is -2.06. The van der Waals surface area contributed by atoms with Crippen molar-refractivity contribution in [3.63, 3.8) is 0 Å². The Bertz CT molecular complexity index is 790. The van der Waals surface area contributed by atoms with Gasteiger partial charge in [0.25, 0.3) is 0 Å². The molecule has 0 saturated heterocycles. The maximum atomic E-state index is 5.91. The normalized spacial score (nSPS) is 11.5. The van der Waals surface area contributed by atoms with Crippen molar-refractivity contribution in [2.45, 2.75) is 6.54 Å². The van der Waals surface area contributed by atoms with Crippen LogP contribution in [0.25, 0.3) is 23.2 Å². The molecule has 1 aromatic heterocycles. The molecular weight excluding hydrogens is 296 g/mol. The summed E-state index contributed by atoms with van der Waals surface area (Å²) in [7, 11) is 1.71. The monoisotopic (exact) mass is 312 g/mol. The average Bonchev–Trinajstić information content (AvgIpc) is 2.90. The zero-order valence-corrected chi connectivity index (χ0v) is 13.1. The molecule has 0 aliphatic rings. The van der Waals surface area contributed by atoms with Crippen LogP contribution < -0.4 is 0 Å². The molecule has 3 rings (SSSR count). The number of rotatable bonds is 5. The molecule has 3 nitrogen and oxygen atoms in total. The van der Waals surface area contributed by atoms with Crippen LogP contribution in [0.2, 0.25) is 5.02 Å². The molecule has 112 valence electrons. The Morgan fingerprint density at radius 3 is 2.64 bits per heavy atom. The fourth-order valence-corrected chi connectivity index (χ4v) is 2.51. The predicted molar refractivity (Wildman–Crippen MR) is 92.0 cm³/mol. The number of halogens is 1. The number of ether oxygens (including phenoxy) is 1. The number of fused-ring (bicyclic) bond motifs is 1. The lowest BCUT2D eigenvalue weighted by Crippen LogP contribution is -2.05. The molecule has 0 bridgehead atoms. The smallest absolute Gasteiger partial charge is 0.133 e. The van der Waals surface area contributed by atoms with Crippen LogP contribution in [-0.4, -0.2) is 23.3 Å². The second-order valence-corrected chi connectivity index (χ2v) is 5.42. The third-order valence-electron chi connectivity index (χ3n) is 3.50. The Morgan fingerprint density at radius 1 is 1.09 bits per heavy atom. The van der Waals surface area contributed by atoms with E-state index in [2.05, 4.69) is 10.6 Å². The molecule has 1 heterocycles. The minimum absolute atomic E-state index is 0.655. The molecule has 0 spiro atoms. The topological polar surface area (TPSA) is 27.1 Å². The van der Waals surface area contributed by atoms with Crippen molar-refractivity contribution in [2.24, 2.45) is 0 Å². The number of benzene rings is 2. The summed E-state index contributed by atoms with van der Waals surface area (Å²) in [5.74, 6) is 0.924. The third kappa shape index (κ3) is 3.21. The number of aromatic nitrogens is 2. The van der Waals surface area contributed by atoms with Crippen LogP contribution in [0.15, 0.2) is 48.5 Å². The van der Waals surface area contributed by atoms with Crippen molar-refractivity contribution < 1.29 is 4.74 Å². The Balaban J connectivity index is 1.96. The van der Waals surface area contributed by atoms with E-state index < -0.39 is 0 Å². The van der Waals surface area contributed by atoms with Crippen LogP contribution in [0.1, 0.15) is 11.4 Å². The average molecular weight is 313 g/mol. The van der Waals surface area contributed by atoms with Gasteiger partial charge in [0.1, 0.15) is 5.82 Å². The molecular formula is C18H17ClN2O. The van der Waals surface area contributed by atoms with E-state index in [4.69, 9.17) is 21.3 Å². The van der Waals surface area contributed by atoms with Gasteiger partial charge in [0, 0.05) is 18.7 Å². The van der Waals surface area contributed by atoms with Crippen molar-refractivity contribution in [3.05, 3.63) is 64.9 Å². The number of hydrogen-bond donors (Lipinski definition) is 0. The van der Waals surface area contributed by atoms with E-state index in [9.17, 15) is 0 Å². The Labute approximate surface area is 134 Å². The molecule has 0 unspecified atom stereocenters. The van der Waals surface area contributed by atoms with E-state index in [0.29, 0.717) is 6.61 Å². The zero-order valence-electron chi connectivity index (χ0n) is 12.4. The SMILES string of the molecule is COCCn1c(/C=C/c2ccc(Cl)cc2)nc2ccccc21. The second kappa shape index (κ2) is 6.77. The summed E-state index contributed by atoms with van der Waals surface area (Å²) in [6.45, 7) is 1.43. The van der Waals surface area contributed by atoms with Crippen molar-refractivity contribution in [1.82, 2.24) is 9.55 Å². The molecule has 2 aromatic carbocycles. The quantitative estimate of drug-likeness (QED) is 0.693. The number of imidazole rings is 1. The van der Waals surface area contributed by atoms with Gasteiger partial charge in [-0.05, 0) is 35.9 Å². The van der Waals surface area contributed by atoms with Crippen LogP contribution in [-0.2, 0) is 11.3 Å². The molecule has 22 heavy (non-hydrogen) atoms. The van der Waals surface area contributed by atoms with Gasteiger partial charge in [-0.3, -0.25) is 0 Å². The van der Waals surface area contributed by atoms with Gasteiger partial charge in [-0.15, -0.1) is 0 Å². The van der Waals surface area contributed by atoms with E-state index in [-0.39, 0.29) is 0 Å². The highest BCUT2D eigenvalue weighted by molar-refractivity contribution is 6.30. The summed E-state index contributed by atoms with van der Waals surface area (Å²) in [4.78, 5) is 4.69. The van der Waals surface area contributed by atoms with E-state index in [0.717, 1.165) is 34.0 Å². The number of nitrogens with zero attached hydrogens (tertiary/aromatic N) is 2. The first kappa shape index (κ1) is 14.8. The van der Waals surface area contributed by atoms with E-state index >= 15 is 0 Å². The summed E-state index contributed by atoms with van der Waals surface area (Å²) in [5, 5.41) is 0.740. The zero-order chi connectivity index (χ0) is 15.4. The van der Waals surface area contributed by atoms with Gasteiger partial charge in [-0.25, -0.2) is 4.98 Å². The Morgan fingerprint density at radius 2 is 1.86 bits per heavy atom. The molecule has 0 aliphatic carbocycles. The van der Waals surface area contributed by atoms with Crippen LogP contribution in [0, 0.1) is 0 Å². The summed E-state index contributed by atoms with van der Waals surface area (Å²) in [6, 6.07) is 15.9. The highest BCUT2D eigenvalue weighted by atomic mass is 35.5. The van der Waals surface area contributed by atoms with Gasteiger partial charge in [0.2, 0.25) is 0 Å². The molecule has 0 N–H and O–H groups in total. The van der Waals surface area contributed by atoms with Gasteiger partial charge in [0.15, 0.2) is 0 Å². The Kier molecular flexibility index (Phi) is 4.56. The van der Waals surface area contributed by atoms with Crippen LogP contribution >= 0.6 is 11.6 Å². The predicted octanol–water partition coefficient (Wildman–Crippen LogP) is 4.51. The minimum atomic E-state index is 0.655. The summed E-state index contributed by atoms with van der Waals surface area (Å²) >= 11 is 5.91. The van der Waals surface area contributed by atoms with Gasteiger partial charge in [-0.1, -0.05) is 41.9 Å². The van der Waals surface area contributed by atoms with Crippen LogP contribution in [0.4, 0.5) is 0 Å². The second-order valence-electron chi connectivity index (χ2n) is 4.99. The van der Waals surface area contributed by atoms with Crippen molar-refractivity contribution in [1.29, 1.82) is 0 Å². The fraction of sp³-hybridized carbons (Fsp3) is 0.167. The summed E-state index contributed by atoms with van der Waals surface area (Å²) in [5.41, 5.74) is 3.21. The largest absolute Gasteiger partial charge is 0.383 e. The fourth-order valence-electron chi connectivity index (χ4n) is 2.38. The van der Waals surface area contributed by atoms with E-state index in [1.54, 1.807) is 7.11 Å². The van der Waals surface area contributed by atoms with Gasteiger partial charge < -0.3 is 9.30 Å². The van der Waals surface area contributed by atoms with Crippen LogP contribution in [0.5, 0.6) is 0 Å². The molecule has 0 amide bonds. The molecule has 0 radical (unpaired) electrons. The first-order valence-corrected chi connectivity index (χ1v) is 7.53. The van der Waals surface area contributed by atoms with Crippen molar-refractivity contribution in [3.8, 4) is 0 Å². The van der Waals surface area contributed by atoms with Crippen molar-refractivity contribution in [2.75, 3.05) is 13.7 Å². The molecule has 0 fully saturated rings. The highest BCUT2D eigenvalue weighted by Crippen LogP contribution is 2.18. The van der Waals surface area contributed by atoms with Gasteiger partial charge in [-0.2, -0.15) is 0 Å². The van der Waals surface area contributed by atoms with E-state index in [1.165, 1.54) is 0 Å². The first-order chi connectivity index (χ1) is 10.8. The van der Waals surface area contributed by atoms with E-state index in [1.807, 2.05) is 54.6 Å². The minimum Gasteiger partial charge on any atom is -0.383 e. The van der Waals surface area contributed by atoms with Gasteiger partial charge >= 0.3 is 0 Å². The maximum Gasteiger partial charge on any atom is 0.133 e. The molecule has 3 aromatic rings. The third-order valence-corrected chi connectivity index (χ3v) is 3.75. The molecule has 4 heteroatoms. The molecule has 0 atom stereocenters. The molecule has 0 aliphatic heterocycles. The molecule has 0 saturated carbocycles.